The predicted molar refractivity (Wildman–Crippen MR) is 76.6 cm³/mol. The van der Waals surface area contributed by atoms with Crippen molar-refractivity contribution in [2.75, 3.05) is 25.6 Å². The summed E-state index contributed by atoms with van der Waals surface area (Å²) in [5.41, 5.74) is 1.39. The molecular formula is C14H18N2O4. The fourth-order valence-corrected chi connectivity index (χ4v) is 1.44. The van der Waals surface area contributed by atoms with Crippen LogP contribution in [0.1, 0.15) is 12.0 Å². The van der Waals surface area contributed by atoms with E-state index in [4.69, 9.17) is 9.84 Å². The van der Waals surface area contributed by atoms with Crippen LogP contribution in [0.2, 0.25) is 0 Å². The third kappa shape index (κ3) is 6.55. The second-order valence-corrected chi connectivity index (χ2v) is 4.02. The minimum Gasteiger partial charge on any atom is -0.478 e. The maximum Gasteiger partial charge on any atom is 0.328 e. The zero-order valence-electron chi connectivity index (χ0n) is 11.3. The molecule has 1 rings (SSSR count). The van der Waals surface area contributed by atoms with Crippen LogP contribution in [0.3, 0.4) is 0 Å². The molecule has 108 valence electrons. The number of rotatable bonds is 7. The Hall–Kier alpha value is -2.34. The van der Waals surface area contributed by atoms with E-state index in [1.165, 1.54) is 6.08 Å². The lowest BCUT2D eigenvalue weighted by Gasteiger charge is -2.07. The molecule has 1 aromatic rings. The van der Waals surface area contributed by atoms with Gasteiger partial charge in [-0.2, -0.15) is 0 Å². The topological polar surface area (TPSA) is 87.7 Å². The van der Waals surface area contributed by atoms with Crippen LogP contribution in [0.5, 0.6) is 0 Å². The molecule has 20 heavy (non-hydrogen) atoms. The molecule has 0 spiro atoms. The van der Waals surface area contributed by atoms with Gasteiger partial charge in [0.25, 0.3) is 0 Å². The van der Waals surface area contributed by atoms with Gasteiger partial charge in [0.2, 0.25) is 0 Å². The highest BCUT2D eigenvalue weighted by Crippen LogP contribution is 2.10. The molecule has 0 aliphatic carbocycles. The molecule has 0 fully saturated rings. The Labute approximate surface area is 117 Å². The number of carbonyl (C=O) groups is 2. The summed E-state index contributed by atoms with van der Waals surface area (Å²) in [4.78, 5) is 21.9. The molecule has 2 amide bonds. The first-order valence-electron chi connectivity index (χ1n) is 6.16. The van der Waals surface area contributed by atoms with Crippen LogP contribution in [-0.2, 0) is 9.53 Å². The fourth-order valence-electron chi connectivity index (χ4n) is 1.44. The number of benzene rings is 1. The van der Waals surface area contributed by atoms with Gasteiger partial charge in [0, 0.05) is 32.0 Å². The van der Waals surface area contributed by atoms with Crippen LogP contribution in [0.4, 0.5) is 10.5 Å². The zero-order chi connectivity index (χ0) is 14.8. The van der Waals surface area contributed by atoms with Gasteiger partial charge in [0.15, 0.2) is 0 Å². The Morgan fingerprint density at radius 3 is 2.60 bits per heavy atom. The number of carbonyl (C=O) groups excluding carboxylic acids is 1. The van der Waals surface area contributed by atoms with Crippen molar-refractivity contribution in [1.29, 1.82) is 0 Å². The summed E-state index contributed by atoms with van der Waals surface area (Å²) in [6.07, 6.45) is 3.30. The van der Waals surface area contributed by atoms with Gasteiger partial charge >= 0.3 is 12.0 Å². The monoisotopic (exact) mass is 278 g/mol. The smallest absolute Gasteiger partial charge is 0.328 e. The second-order valence-electron chi connectivity index (χ2n) is 4.02. The molecule has 0 aromatic heterocycles. The van der Waals surface area contributed by atoms with E-state index in [0.29, 0.717) is 18.8 Å². The Kier molecular flexibility index (Phi) is 6.84. The number of nitrogens with one attached hydrogen (secondary N) is 2. The van der Waals surface area contributed by atoms with E-state index in [1.54, 1.807) is 31.4 Å². The minimum absolute atomic E-state index is 0.282. The maximum atomic E-state index is 11.5. The second kappa shape index (κ2) is 8.71. The fraction of sp³-hybridized carbons (Fsp3) is 0.286. The highest BCUT2D eigenvalue weighted by Gasteiger charge is 2.00. The van der Waals surface area contributed by atoms with Gasteiger partial charge in [-0.3, -0.25) is 0 Å². The van der Waals surface area contributed by atoms with E-state index < -0.39 is 5.97 Å². The lowest BCUT2D eigenvalue weighted by molar-refractivity contribution is -0.131. The molecule has 0 aliphatic heterocycles. The highest BCUT2D eigenvalue weighted by atomic mass is 16.5. The van der Waals surface area contributed by atoms with E-state index in [0.717, 1.165) is 18.1 Å². The Morgan fingerprint density at radius 1 is 1.30 bits per heavy atom. The number of hydrogen-bond donors (Lipinski definition) is 3. The van der Waals surface area contributed by atoms with Crippen LogP contribution in [0.15, 0.2) is 30.3 Å². The van der Waals surface area contributed by atoms with E-state index >= 15 is 0 Å². The van der Waals surface area contributed by atoms with Gasteiger partial charge in [-0.15, -0.1) is 0 Å². The number of hydrogen-bond acceptors (Lipinski definition) is 3. The first-order chi connectivity index (χ1) is 9.61. The number of amides is 2. The zero-order valence-corrected chi connectivity index (χ0v) is 11.3. The van der Waals surface area contributed by atoms with Crippen molar-refractivity contribution in [2.24, 2.45) is 0 Å². The highest BCUT2D eigenvalue weighted by molar-refractivity contribution is 5.89. The molecule has 0 unspecified atom stereocenters. The molecular weight excluding hydrogens is 260 g/mol. The number of methoxy groups -OCH3 is 1. The molecule has 3 N–H and O–H groups in total. The van der Waals surface area contributed by atoms with Crippen molar-refractivity contribution in [3.63, 3.8) is 0 Å². The molecule has 6 heteroatoms. The SMILES string of the molecule is COCCCNC(=O)Nc1ccc(C=CC(=O)O)cc1. The van der Waals surface area contributed by atoms with Gasteiger partial charge in [0.1, 0.15) is 0 Å². The predicted octanol–water partition coefficient (Wildman–Crippen LogP) is 1.94. The summed E-state index contributed by atoms with van der Waals surface area (Å²) >= 11 is 0. The van der Waals surface area contributed by atoms with E-state index in [1.807, 2.05) is 0 Å². The summed E-state index contributed by atoms with van der Waals surface area (Å²) in [6, 6.07) is 6.57. The average Bonchev–Trinajstić information content (AvgIpc) is 2.43. The molecule has 0 radical (unpaired) electrons. The van der Waals surface area contributed by atoms with Crippen molar-refractivity contribution in [2.45, 2.75) is 6.42 Å². The van der Waals surface area contributed by atoms with Gasteiger partial charge in [-0.25, -0.2) is 9.59 Å². The quantitative estimate of drug-likeness (QED) is 0.525. The van der Waals surface area contributed by atoms with Crippen molar-refractivity contribution >= 4 is 23.8 Å². The van der Waals surface area contributed by atoms with Crippen LogP contribution in [0.25, 0.3) is 6.08 Å². The molecule has 0 atom stereocenters. The van der Waals surface area contributed by atoms with E-state index in [9.17, 15) is 9.59 Å². The minimum atomic E-state index is -0.998. The summed E-state index contributed by atoms with van der Waals surface area (Å²) in [5, 5.41) is 13.9. The third-order valence-electron chi connectivity index (χ3n) is 2.40. The van der Waals surface area contributed by atoms with Gasteiger partial charge in [-0.1, -0.05) is 12.1 Å². The Morgan fingerprint density at radius 2 is 2.00 bits per heavy atom. The van der Waals surface area contributed by atoms with Crippen LogP contribution >= 0.6 is 0 Å². The Bertz CT molecular complexity index is 469. The number of carboxylic acid groups (broad SMARTS) is 1. The van der Waals surface area contributed by atoms with Gasteiger partial charge < -0.3 is 20.5 Å². The van der Waals surface area contributed by atoms with Gasteiger partial charge in [-0.05, 0) is 30.2 Å². The van der Waals surface area contributed by atoms with Crippen LogP contribution in [-0.4, -0.2) is 37.4 Å². The molecule has 6 nitrogen and oxygen atoms in total. The normalized spacial score (nSPS) is 10.4. The van der Waals surface area contributed by atoms with Crippen LogP contribution in [0, 0.1) is 0 Å². The van der Waals surface area contributed by atoms with E-state index in [-0.39, 0.29) is 6.03 Å². The van der Waals surface area contributed by atoms with Crippen molar-refractivity contribution in [3.8, 4) is 0 Å². The van der Waals surface area contributed by atoms with E-state index in [2.05, 4.69) is 10.6 Å². The third-order valence-corrected chi connectivity index (χ3v) is 2.40. The summed E-state index contributed by atoms with van der Waals surface area (Å²) < 4.78 is 4.87. The molecule has 0 saturated carbocycles. The molecule has 0 aliphatic rings. The number of anilines is 1. The van der Waals surface area contributed by atoms with Gasteiger partial charge in [0.05, 0.1) is 0 Å². The average molecular weight is 278 g/mol. The first kappa shape index (κ1) is 15.7. The number of ether oxygens (including phenoxy) is 1. The van der Waals surface area contributed by atoms with Crippen molar-refractivity contribution in [1.82, 2.24) is 5.32 Å². The van der Waals surface area contributed by atoms with Crippen molar-refractivity contribution in [3.05, 3.63) is 35.9 Å². The number of aliphatic carboxylic acids is 1. The molecule has 0 heterocycles. The Balaban J connectivity index is 2.41. The molecule has 0 bridgehead atoms. The summed E-state index contributed by atoms with van der Waals surface area (Å²) in [7, 11) is 1.61. The summed E-state index contributed by atoms with van der Waals surface area (Å²) in [6.45, 7) is 1.14. The standard InChI is InChI=1S/C14H18N2O4/c1-20-10-2-9-15-14(19)16-12-6-3-11(4-7-12)5-8-13(17)18/h3-8H,2,9-10H2,1H3,(H,17,18)(H2,15,16,19). The maximum absolute atomic E-state index is 11.5. The number of carboxylic acids is 1. The first-order valence-corrected chi connectivity index (χ1v) is 6.16. The summed E-state index contributed by atoms with van der Waals surface area (Å²) in [5.74, 6) is -0.998. The number of urea groups is 1. The molecule has 0 saturated heterocycles. The van der Waals surface area contributed by atoms with Crippen LogP contribution < -0.4 is 10.6 Å². The lowest BCUT2D eigenvalue weighted by atomic mass is 10.2. The lowest BCUT2D eigenvalue weighted by Crippen LogP contribution is -2.29. The molecule has 1 aromatic carbocycles. The van der Waals surface area contributed by atoms with Crippen molar-refractivity contribution < 1.29 is 19.4 Å². The largest absolute Gasteiger partial charge is 0.478 e.